The van der Waals surface area contributed by atoms with Crippen LogP contribution in [0.2, 0.25) is 0 Å². The maximum atomic E-state index is 13.2. The number of nitrogens with one attached hydrogen (secondary N) is 1. The van der Waals surface area contributed by atoms with E-state index in [1.807, 2.05) is 18.2 Å². The Morgan fingerprint density at radius 3 is 2.33 bits per heavy atom. The Kier molecular flexibility index (Phi) is 4.61. The molecule has 120 valence electrons. The summed E-state index contributed by atoms with van der Waals surface area (Å²) < 4.78 is 26.3. The molecule has 0 saturated carbocycles. The van der Waals surface area contributed by atoms with Gasteiger partial charge in [-0.3, -0.25) is 9.78 Å². The van der Waals surface area contributed by atoms with E-state index < -0.39 is 11.6 Å². The number of carbonyl (C=O) groups is 1. The summed E-state index contributed by atoms with van der Waals surface area (Å²) in [5, 5.41) is 2.66. The van der Waals surface area contributed by atoms with Crippen LogP contribution in [0.25, 0.3) is 11.1 Å². The summed E-state index contributed by atoms with van der Waals surface area (Å²) >= 11 is 0. The standard InChI is InChI=1S/C19H14F2N2O/c20-17-8-13(9-18(21)11-17)12-23-19(24)16-3-1-2-15(10-16)14-4-6-22-7-5-14/h1-11H,12H2,(H,23,24). The van der Waals surface area contributed by atoms with Gasteiger partial charge in [-0.2, -0.15) is 0 Å². The molecule has 0 aliphatic rings. The molecule has 1 aromatic heterocycles. The second-order valence-corrected chi connectivity index (χ2v) is 5.28. The van der Waals surface area contributed by atoms with Crippen molar-refractivity contribution in [1.82, 2.24) is 10.3 Å². The fraction of sp³-hybridized carbons (Fsp3) is 0.0526. The number of hydrogen-bond acceptors (Lipinski definition) is 2. The second-order valence-electron chi connectivity index (χ2n) is 5.28. The minimum absolute atomic E-state index is 0.0486. The van der Waals surface area contributed by atoms with E-state index in [0.717, 1.165) is 17.2 Å². The highest BCUT2D eigenvalue weighted by Crippen LogP contribution is 2.19. The monoisotopic (exact) mass is 324 g/mol. The first-order chi connectivity index (χ1) is 11.6. The molecule has 0 aliphatic carbocycles. The van der Waals surface area contributed by atoms with Gasteiger partial charge in [0.25, 0.3) is 5.91 Å². The Bertz CT molecular complexity index is 846. The summed E-state index contributed by atoms with van der Waals surface area (Å²) in [6.45, 7) is 0.0486. The van der Waals surface area contributed by atoms with E-state index in [9.17, 15) is 13.6 Å². The Morgan fingerprint density at radius 1 is 0.917 bits per heavy atom. The van der Waals surface area contributed by atoms with E-state index in [2.05, 4.69) is 10.3 Å². The van der Waals surface area contributed by atoms with Crippen LogP contribution in [-0.2, 0) is 6.54 Å². The summed E-state index contributed by atoms with van der Waals surface area (Å²) in [4.78, 5) is 16.2. The fourth-order valence-corrected chi connectivity index (χ4v) is 2.38. The number of carbonyl (C=O) groups excluding carboxylic acids is 1. The van der Waals surface area contributed by atoms with E-state index in [1.54, 1.807) is 30.6 Å². The number of nitrogens with zero attached hydrogens (tertiary/aromatic N) is 1. The van der Waals surface area contributed by atoms with Gasteiger partial charge in [0.05, 0.1) is 0 Å². The van der Waals surface area contributed by atoms with Gasteiger partial charge in [-0.1, -0.05) is 12.1 Å². The first-order valence-electron chi connectivity index (χ1n) is 7.35. The third-order valence-electron chi connectivity index (χ3n) is 3.51. The Balaban J connectivity index is 1.73. The molecule has 0 fully saturated rings. The number of halogens is 2. The van der Waals surface area contributed by atoms with Crippen LogP contribution in [-0.4, -0.2) is 10.9 Å². The van der Waals surface area contributed by atoms with Crippen LogP contribution >= 0.6 is 0 Å². The van der Waals surface area contributed by atoms with Crippen molar-refractivity contribution < 1.29 is 13.6 Å². The quantitative estimate of drug-likeness (QED) is 0.789. The molecule has 0 spiro atoms. The lowest BCUT2D eigenvalue weighted by Crippen LogP contribution is -2.22. The molecule has 2 aromatic carbocycles. The zero-order chi connectivity index (χ0) is 16.9. The topological polar surface area (TPSA) is 42.0 Å². The summed E-state index contributed by atoms with van der Waals surface area (Å²) in [7, 11) is 0. The molecule has 0 unspecified atom stereocenters. The molecule has 3 rings (SSSR count). The molecule has 0 bridgehead atoms. The summed E-state index contributed by atoms with van der Waals surface area (Å²) in [6.07, 6.45) is 3.36. The Labute approximate surface area is 138 Å². The van der Waals surface area contributed by atoms with Crippen molar-refractivity contribution in [2.24, 2.45) is 0 Å². The largest absolute Gasteiger partial charge is 0.348 e. The van der Waals surface area contributed by atoms with Crippen molar-refractivity contribution in [2.75, 3.05) is 0 Å². The molecule has 0 radical (unpaired) electrons. The fourth-order valence-electron chi connectivity index (χ4n) is 2.38. The van der Waals surface area contributed by atoms with Crippen molar-refractivity contribution in [3.63, 3.8) is 0 Å². The van der Waals surface area contributed by atoms with E-state index in [1.165, 1.54) is 12.1 Å². The molecule has 1 N–H and O–H groups in total. The van der Waals surface area contributed by atoms with E-state index >= 15 is 0 Å². The summed E-state index contributed by atoms with van der Waals surface area (Å²) in [5.41, 5.74) is 2.68. The van der Waals surface area contributed by atoms with Gasteiger partial charge in [0.1, 0.15) is 11.6 Å². The van der Waals surface area contributed by atoms with Crippen LogP contribution in [0.3, 0.4) is 0 Å². The smallest absolute Gasteiger partial charge is 0.251 e. The molecular formula is C19H14F2N2O. The maximum absolute atomic E-state index is 13.2. The molecule has 0 atom stereocenters. The van der Waals surface area contributed by atoms with E-state index in [-0.39, 0.29) is 12.5 Å². The lowest BCUT2D eigenvalue weighted by Gasteiger charge is -2.08. The van der Waals surface area contributed by atoms with Crippen LogP contribution in [0.5, 0.6) is 0 Å². The van der Waals surface area contributed by atoms with E-state index in [4.69, 9.17) is 0 Å². The highest BCUT2D eigenvalue weighted by atomic mass is 19.1. The van der Waals surface area contributed by atoms with Crippen molar-refractivity contribution in [2.45, 2.75) is 6.54 Å². The molecule has 1 amide bonds. The van der Waals surface area contributed by atoms with Crippen LogP contribution in [0.4, 0.5) is 8.78 Å². The summed E-state index contributed by atoms with van der Waals surface area (Å²) in [5.74, 6) is -1.64. The van der Waals surface area contributed by atoms with Gasteiger partial charge >= 0.3 is 0 Å². The molecule has 1 heterocycles. The normalized spacial score (nSPS) is 10.4. The van der Waals surface area contributed by atoms with Gasteiger partial charge in [-0.05, 0) is 53.1 Å². The summed E-state index contributed by atoms with van der Waals surface area (Å²) in [6, 6.07) is 14.0. The van der Waals surface area contributed by atoms with Gasteiger partial charge in [-0.15, -0.1) is 0 Å². The average molecular weight is 324 g/mol. The molecule has 24 heavy (non-hydrogen) atoms. The van der Waals surface area contributed by atoms with Gasteiger partial charge in [-0.25, -0.2) is 8.78 Å². The third kappa shape index (κ3) is 3.81. The molecule has 5 heteroatoms. The number of rotatable bonds is 4. The number of aromatic nitrogens is 1. The van der Waals surface area contributed by atoms with Crippen molar-refractivity contribution in [3.05, 3.63) is 89.8 Å². The van der Waals surface area contributed by atoms with Crippen molar-refractivity contribution >= 4 is 5.91 Å². The van der Waals surface area contributed by atoms with Crippen LogP contribution < -0.4 is 5.32 Å². The van der Waals surface area contributed by atoms with Gasteiger partial charge in [0.2, 0.25) is 0 Å². The molecular weight excluding hydrogens is 310 g/mol. The number of hydrogen-bond donors (Lipinski definition) is 1. The lowest BCUT2D eigenvalue weighted by molar-refractivity contribution is 0.0951. The average Bonchev–Trinajstić information content (AvgIpc) is 2.60. The van der Waals surface area contributed by atoms with Gasteiger partial charge in [0.15, 0.2) is 0 Å². The third-order valence-corrected chi connectivity index (χ3v) is 3.51. The van der Waals surface area contributed by atoms with Gasteiger partial charge < -0.3 is 5.32 Å². The lowest BCUT2D eigenvalue weighted by atomic mass is 10.0. The minimum atomic E-state index is -0.668. The van der Waals surface area contributed by atoms with Crippen molar-refractivity contribution in [3.8, 4) is 11.1 Å². The molecule has 0 saturated heterocycles. The predicted molar refractivity (Wildman–Crippen MR) is 87.2 cm³/mol. The highest BCUT2D eigenvalue weighted by molar-refractivity contribution is 5.95. The second kappa shape index (κ2) is 7.00. The number of benzene rings is 2. The number of amides is 1. The van der Waals surface area contributed by atoms with Gasteiger partial charge in [0, 0.05) is 30.6 Å². The number of pyridine rings is 1. The predicted octanol–water partition coefficient (Wildman–Crippen LogP) is 3.96. The Morgan fingerprint density at radius 2 is 1.62 bits per heavy atom. The van der Waals surface area contributed by atoms with Crippen LogP contribution in [0, 0.1) is 11.6 Å². The Hall–Kier alpha value is -3.08. The maximum Gasteiger partial charge on any atom is 0.251 e. The zero-order valence-corrected chi connectivity index (χ0v) is 12.7. The zero-order valence-electron chi connectivity index (χ0n) is 12.7. The van der Waals surface area contributed by atoms with E-state index in [0.29, 0.717) is 11.1 Å². The first-order valence-corrected chi connectivity index (χ1v) is 7.35. The SMILES string of the molecule is O=C(NCc1cc(F)cc(F)c1)c1cccc(-c2ccncc2)c1. The minimum Gasteiger partial charge on any atom is -0.348 e. The molecule has 3 aromatic rings. The van der Waals surface area contributed by atoms with Crippen LogP contribution in [0.1, 0.15) is 15.9 Å². The van der Waals surface area contributed by atoms with Crippen molar-refractivity contribution in [1.29, 1.82) is 0 Å². The highest BCUT2D eigenvalue weighted by Gasteiger charge is 2.08. The first kappa shape index (κ1) is 15.8. The molecule has 0 aliphatic heterocycles. The van der Waals surface area contributed by atoms with Crippen LogP contribution in [0.15, 0.2) is 67.0 Å². The molecule has 3 nitrogen and oxygen atoms in total.